The summed E-state index contributed by atoms with van der Waals surface area (Å²) in [6, 6.07) is 13.9. The third-order valence-corrected chi connectivity index (χ3v) is 6.26. The Labute approximate surface area is 194 Å². The van der Waals surface area contributed by atoms with Gasteiger partial charge < -0.3 is 14.5 Å². The lowest BCUT2D eigenvalue weighted by Gasteiger charge is -2.09. The van der Waals surface area contributed by atoms with E-state index >= 15 is 0 Å². The highest BCUT2D eigenvalue weighted by Crippen LogP contribution is 2.39. The molecule has 0 radical (unpaired) electrons. The van der Waals surface area contributed by atoms with E-state index in [0.29, 0.717) is 32.1 Å². The van der Waals surface area contributed by atoms with Crippen molar-refractivity contribution in [1.29, 1.82) is 5.41 Å². The quantitative estimate of drug-likeness (QED) is 0.320. The fraction of sp³-hybridized carbons (Fsp3) is 0.0455. The van der Waals surface area contributed by atoms with E-state index < -0.39 is 11.9 Å². The normalized spacial score (nSPS) is 10.8. The third kappa shape index (κ3) is 4.14. The molecule has 2 heterocycles. The number of hydrogen-bond donors (Lipinski definition) is 2. The molecule has 0 spiro atoms. The number of amides is 1. The van der Waals surface area contributed by atoms with Crippen LogP contribution in [0.5, 0.6) is 0 Å². The van der Waals surface area contributed by atoms with Gasteiger partial charge in [0.05, 0.1) is 7.11 Å². The maximum atomic E-state index is 13.0. The molecule has 0 bridgehead atoms. The van der Waals surface area contributed by atoms with E-state index in [4.69, 9.17) is 26.2 Å². The van der Waals surface area contributed by atoms with Crippen LogP contribution in [0.1, 0.15) is 20.7 Å². The first-order valence-corrected chi connectivity index (χ1v) is 11.0. The molecular weight excluding hydrogens is 504 g/mol. The molecule has 2 N–H and O–H groups in total. The van der Waals surface area contributed by atoms with E-state index in [2.05, 4.69) is 21.2 Å². The number of ether oxygens (including phenoxy) is 1. The van der Waals surface area contributed by atoms with Gasteiger partial charge in [0.1, 0.15) is 21.7 Å². The molecule has 0 saturated heterocycles. The highest BCUT2D eigenvalue weighted by atomic mass is 79.9. The Balaban J connectivity index is 1.76. The number of carbonyl (C=O) groups is 2. The van der Waals surface area contributed by atoms with Crippen LogP contribution in [0.3, 0.4) is 0 Å². The van der Waals surface area contributed by atoms with Crippen molar-refractivity contribution in [3.63, 3.8) is 0 Å². The van der Waals surface area contributed by atoms with E-state index in [9.17, 15) is 9.59 Å². The monoisotopic (exact) mass is 516 g/mol. The van der Waals surface area contributed by atoms with Gasteiger partial charge in [0.2, 0.25) is 5.55 Å². The van der Waals surface area contributed by atoms with Gasteiger partial charge in [-0.15, -0.1) is 11.3 Å². The van der Waals surface area contributed by atoms with Crippen molar-refractivity contribution in [3.05, 3.63) is 80.1 Å². The molecule has 2 aromatic carbocycles. The zero-order valence-corrected chi connectivity index (χ0v) is 19.2. The smallest absolute Gasteiger partial charge is 0.341 e. The summed E-state index contributed by atoms with van der Waals surface area (Å²) in [5.41, 5.74) is 1.63. The number of anilines is 1. The second-order valence-corrected chi connectivity index (χ2v) is 8.65. The number of nitrogens with one attached hydrogen (secondary N) is 2. The summed E-state index contributed by atoms with van der Waals surface area (Å²) in [7, 11) is 1.27. The number of carbonyl (C=O) groups excluding carboxylic acids is 2. The Hall–Kier alpha value is -2.94. The van der Waals surface area contributed by atoms with Crippen LogP contribution in [0.25, 0.3) is 22.1 Å². The zero-order valence-electron chi connectivity index (χ0n) is 16.0. The van der Waals surface area contributed by atoms with Gasteiger partial charge in [0, 0.05) is 31.4 Å². The maximum Gasteiger partial charge on any atom is 0.341 e. The molecule has 0 aliphatic carbocycles. The molecule has 0 fully saturated rings. The molecule has 0 unspecified atom stereocenters. The van der Waals surface area contributed by atoms with Crippen LogP contribution in [0.15, 0.2) is 62.8 Å². The van der Waals surface area contributed by atoms with E-state index in [1.807, 2.05) is 0 Å². The van der Waals surface area contributed by atoms with Crippen molar-refractivity contribution < 1.29 is 18.7 Å². The average Bonchev–Trinajstić information content (AvgIpc) is 3.16. The lowest BCUT2D eigenvalue weighted by atomic mass is 10.0. The number of benzene rings is 2. The SMILES string of the molecule is COC(=O)c1c(-c2ccccc2Cl)csc1NC(=O)c1cc2cc(Br)ccc2oc1=N. The fourth-order valence-corrected chi connectivity index (χ4v) is 4.64. The van der Waals surface area contributed by atoms with Gasteiger partial charge in [-0.3, -0.25) is 10.2 Å². The topological polar surface area (TPSA) is 92.4 Å². The molecule has 0 aliphatic heterocycles. The first-order valence-electron chi connectivity index (χ1n) is 8.93. The predicted octanol–water partition coefficient (Wildman–Crippen LogP) is 6.10. The summed E-state index contributed by atoms with van der Waals surface area (Å²) in [6.45, 7) is 0. The van der Waals surface area contributed by atoms with E-state index in [1.54, 1.807) is 53.9 Å². The van der Waals surface area contributed by atoms with Gasteiger partial charge in [0.15, 0.2) is 0 Å². The van der Waals surface area contributed by atoms with Crippen LogP contribution in [0.2, 0.25) is 5.02 Å². The van der Waals surface area contributed by atoms with E-state index in [1.165, 1.54) is 18.4 Å². The first kappa shape index (κ1) is 21.3. The minimum atomic E-state index is -0.607. The Kier molecular flexibility index (Phi) is 5.95. The fourth-order valence-electron chi connectivity index (χ4n) is 3.08. The summed E-state index contributed by atoms with van der Waals surface area (Å²) in [6.07, 6.45) is 0. The summed E-state index contributed by atoms with van der Waals surface area (Å²) in [5.74, 6) is -1.18. The molecule has 4 rings (SSSR count). The van der Waals surface area contributed by atoms with Crippen molar-refractivity contribution in [2.24, 2.45) is 0 Å². The largest absolute Gasteiger partial charge is 0.465 e. The molecule has 4 aromatic rings. The minimum absolute atomic E-state index is 0.0362. The molecule has 1 amide bonds. The summed E-state index contributed by atoms with van der Waals surface area (Å²) in [4.78, 5) is 25.5. The van der Waals surface area contributed by atoms with Crippen LogP contribution in [-0.2, 0) is 4.74 Å². The average molecular weight is 518 g/mol. The summed E-state index contributed by atoms with van der Waals surface area (Å²) < 4.78 is 11.2. The van der Waals surface area contributed by atoms with Crippen molar-refractivity contribution in [1.82, 2.24) is 0 Å². The lowest BCUT2D eigenvalue weighted by molar-refractivity contribution is 0.0603. The highest BCUT2D eigenvalue weighted by Gasteiger charge is 2.24. The number of hydrogen-bond acceptors (Lipinski definition) is 6. The lowest BCUT2D eigenvalue weighted by Crippen LogP contribution is -2.21. The van der Waals surface area contributed by atoms with Crippen LogP contribution < -0.4 is 10.9 Å². The molecule has 0 aliphatic rings. The summed E-state index contributed by atoms with van der Waals surface area (Å²) >= 11 is 10.9. The van der Waals surface area contributed by atoms with Gasteiger partial charge in [0.25, 0.3) is 5.91 Å². The molecule has 9 heteroatoms. The van der Waals surface area contributed by atoms with Gasteiger partial charge in [-0.25, -0.2) is 4.79 Å². The number of methoxy groups -OCH3 is 1. The van der Waals surface area contributed by atoms with E-state index in [0.717, 1.165) is 4.47 Å². The second kappa shape index (κ2) is 8.66. The predicted molar refractivity (Wildman–Crippen MR) is 124 cm³/mol. The van der Waals surface area contributed by atoms with Crippen LogP contribution in [0, 0.1) is 5.41 Å². The van der Waals surface area contributed by atoms with Gasteiger partial charge in [-0.05, 0) is 30.3 Å². The molecule has 0 saturated carbocycles. The minimum Gasteiger partial charge on any atom is -0.465 e. The highest BCUT2D eigenvalue weighted by molar-refractivity contribution is 9.10. The van der Waals surface area contributed by atoms with Crippen molar-refractivity contribution in [2.45, 2.75) is 0 Å². The van der Waals surface area contributed by atoms with Gasteiger partial charge in [-0.1, -0.05) is 45.7 Å². The van der Waals surface area contributed by atoms with Gasteiger partial charge >= 0.3 is 5.97 Å². The Morgan fingerprint density at radius 3 is 2.68 bits per heavy atom. The summed E-state index contributed by atoms with van der Waals surface area (Å²) in [5, 5.41) is 14.0. The van der Waals surface area contributed by atoms with Crippen molar-refractivity contribution in [2.75, 3.05) is 12.4 Å². The van der Waals surface area contributed by atoms with E-state index in [-0.39, 0.29) is 16.7 Å². The molecule has 6 nitrogen and oxygen atoms in total. The molecule has 156 valence electrons. The number of fused-ring (bicyclic) bond motifs is 1. The van der Waals surface area contributed by atoms with Crippen LogP contribution in [-0.4, -0.2) is 19.0 Å². The Bertz CT molecular complexity index is 1400. The third-order valence-electron chi connectivity index (χ3n) is 4.54. The standard InChI is InChI=1S/C22H14BrClN2O4S/c1-29-22(28)18-15(13-4-2-3-5-16(13)24)10-31-21(18)26-20(27)14-9-11-8-12(23)6-7-17(11)30-19(14)25/h2-10,25H,1H3,(H,26,27). The maximum absolute atomic E-state index is 13.0. The number of halogens is 2. The van der Waals surface area contributed by atoms with Gasteiger partial charge in [-0.2, -0.15) is 0 Å². The first-order chi connectivity index (χ1) is 14.9. The zero-order chi connectivity index (χ0) is 22.1. The molecule has 31 heavy (non-hydrogen) atoms. The second-order valence-electron chi connectivity index (χ2n) is 6.45. The molecular formula is C22H14BrClN2O4S. The number of thiophene rings is 1. The molecule has 0 atom stereocenters. The number of esters is 1. The number of rotatable bonds is 4. The van der Waals surface area contributed by atoms with Crippen LogP contribution >= 0.6 is 38.9 Å². The Morgan fingerprint density at radius 2 is 1.94 bits per heavy atom. The molecule has 2 aromatic heterocycles. The van der Waals surface area contributed by atoms with Crippen molar-refractivity contribution in [3.8, 4) is 11.1 Å². The van der Waals surface area contributed by atoms with Crippen LogP contribution in [0.4, 0.5) is 5.00 Å². The Morgan fingerprint density at radius 1 is 1.16 bits per heavy atom. The van der Waals surface area contributed by atoms with Crippen molar-refractivity contribution >= 4 is 66.7 Å².